The maximum absolute atomic E-state index is 13.3. The molecule has 1 unspecified atom stereocenters. The number of hydrogen-bond acceptors (Lipinski definition) is 4. The number of nitrogens with zero attached hydrogens (tertiary/aromatic N) is 1. The maximum atomic E-state index is 13.3. The van der Waals surface area contributed by atoms with E-state index in [4.69, 9.17) is 0 Å². The highest BCUT2D eigenvalue weighted by atomic mass is 19.1. The van der Waals surface area contributed by atoms with E-state index in [1.807, 2.05) is 0 Å². The average molecular weight is 240 g/mol. The average Bonchev–Trinajstić information content (AvgIpc) is 3.08. The fourth-order valence-corrected chi connectivity index (χ4v) is 1.71. The molecule has 5 nitrogen and oxygen atoms in total. The lowest BCUT2D eigenvalue weighted by Crippen LogP contribution is -2.21. The van der Waals surface area contributed by atoms with Gasteiger partial charge in [-0.1, -0.05) is 6.07 Å². The van der Waals surface area contributed by atoms with Crippen molar-refractivity contribution in [3.63, 3.8) is 0 Å². The van der Waals surface area contributed by atoms with Crippen LogP contribution in [0.25, 0.3) is 0 Å². The van der Waals surface area contributed by atoms with Gasteiger partial charge in [-0.05, 0) is 30.9 Å². The molecule has 1 aromatic carbocycles. The summed E-state index contributed by atoms with van der Waals surface area (Å²) in [4.78, 5) is 9.93. The molecule has 1 saturated carbocycles. The molecule has 0 spiro atoms. The van der Waals surface area contributed by atoms with Crippen LogP contribution in [-0.2, 0) is 0 Å². The van der Waals surface area contributed by atoms with Gasteiger partial charge < -0.3 is 10.4 Å². The number of aliphatic hydroxyl groups excluding tert-OH is 1. The molecule has 0 aliphatic heterocycles. The standard InChI is InChI=1S/C11H13FN2O3/c12-8-2-1-3-9(11(8)14(16)17)13-6-10(15)7-4-5-7/h1-3,7,10,13,15H,4-6H2. The Balaban J connectivity index is 2.08. The number of para-hydroxylation sites is 1. The fourth-order valence-electron chi connectivity index (χ4n) is 1.71. The molecule has 17 heavy (non-hydrogen) atoms. The first-order valence-corrected chi connectivity index (χ1v) is 5.44. The van der Waals surface area contributed by atoms with Gasteiger partial charge >= 0.3 is 5.69 Å². The molecule has 92 valence electrons. The summed E-state index contributed by atoms with van der Waals surface area (Å²) in [7, 11) is 0. The van der Waals surface area contributed by atoms with Gasteiger partial charge in [-0.25, -0.2) is 0 Å². The van der Waals surface area contributed by atoms with Gasteiger partial charge in [0.2, 0.25) is 5.82 Å². The molecule has 2 N–H and O–H groups in total. The van der Waals surface area contributed by atoms with Crippen molar-refractivity contribution in [2.24, 2.45) is 5.92 Å². The molecule has 6 heteroatoms. The lowest BCUT2D eigenvalue weighted by Gasteiger charge is -2.11. The first-order valence-electron chi connectivity index (χ1n) is 5.44. The van der Waals surface area contributed by atoms with Crippen LogP contribution in [0.1, 0.15) is 12.8 Å². The molecule has 1 atom stereocenters. The van der Waals surface area contributed by atoms with Crippen molar-refractivity contribution in [1.82, 2.24) is 0 Å². The number of benzene rings is 1. The Morgan fingerprint density at radius 2 is 2.29 bits per heavy atom. The Labute approximate surface area is 97.4 Å². The number of anilines is 1. The summed E-state index contributed by atoms with van der Waals surface area (Å²) in [5, 5.41) is 23.0. The van der Waals surface area contributed by atoms with E-state index in [-0.39, 0.29) is 18.2 Å². The summed E-state index contributed by atoms with van der Waals surface area (Å²) in [5.41, 5.74) is -0.467. The minimum absolute atomic E-state index is 0.106. The Bertz CT molecular complexity index is 435. The predicted octanol–water partition coefficient (Wildman–Crippen LogP) is 1.92. The molecule has 2 rings (SSSR count). The number of halogens is 1. The second-order valence-corrected chi connectivity index (χ2v) is 4.18. The lowest BCUT2D eigenvalue weighted by molar-refractivity contribution is -0.386. The lowest BCUT2D eigenvalue weighted by atomic mass is 10.2. The minimum atomic E-state index is -0.874. The summed E-state index contributed by atoms with van der Waals surface area (Å²) < 4.78 is 13.3. The largest absolute Gasteiger partial charge is 0.391 e. The second kappa shape index (κ2) is 4.67. The van der Waals surface area contributed by atoms with Crippen LogP contribution in [0, 0.1) is 21.8 Å². The first-order chi connectivity index (χ1) is 8.09. The van der Waals surface area contributed by atoms with E-state index in [0.717, 1.165) is 18.9 Å². The van der Waals surface area contributed by atoms with Crippen molar-refractivity contribution in [3.05, 3.63) is 34.1 Å². The van der Waals surface area contributed by atoms with Crippen LogP contribution in [0.2, 0.25) is 0 Å². The third-order valence-electron chi connectivity index (χ3n) is 2.84. The van der Waals surface area contributed by atoms with Crippen molar-refractivity contribution in [2.75, 3.05) is 11.9 Å². The maximum Gasteiger partial charge on any atom is 0.327 e. The SMILES string of the molecule is O=[N+]([O-])c1c(F)cccc1NCC(O)C1CC1. The van der Waals surface area contributed by atoms with Crippen LogP contribution < -0.4 is 5.32 Å². The third kappa shape index (κ3) is 2.71. The Morgan fingerprint density at radius 1 is 1.59 bits per heavy atom. The highest BCUT2D eigenvalue weighted by Gasteiger charge is 2.30. The van der Waals surface area contributed by atoms with Gasteiger partial charge in [0.15, 0.2) is 0 Å². The zero-order valence-corrected chi connectivity index (χ0v) is 9.10. The molecular weight excluding hydrogens is 227 g/mol. The van der Waals surface area contributed by atoms with Crippen molar-refractivity contribution >= 4 is 11.4 Å². The minimum Gasteiger partial charge on any atom is -0.391 e. The van der Waals surface area contributed by atoms with E-state index in [0.29, 0.717) is 0 Å². The van der Waals surface area contributed by atoms with Crippen molar-refractivity contribution in [3.8, 4) is 0 Å². The molecule has 1 aliphatic carbocycles. The molecule has 0 saturated heterocycles. The molecule has 0 bridgehead atoms. The fraction of sp³-hybridized carbons (Fsp3) is 0.455. The van der Waals surface area contributed by atoms with Crippen molar-refractivity contribution in [1.29, 1.82) is 0 Å². The predicted molar refractivity (Wildman–Crippen MR) is 60.3 cm³/mol. The zero-order chi connectivity index (χ0) is 12.4. The third-order valence-corrected chi connectivity index (χ3v) is 2.84. The van der Waals surface area contributed by atoms with Crippen LogP contribution >= 0.6 is 0 Å². The van der Waals surface area contributed by atoms with Crippen LogP contribution in [0.3, 0.4) is 0 Å². The van der Waals surface area contributed by atoms with E-state index in [1.54, 1.807) is 0 Å². The number of nitrogens with one attached hydrogen (secondary N) is 1. The van der Waals surface area contributed by atoms with Crippen LogP contribution in [0.4, 0.5) is 15.8 Å². The van der Waals surface area contributed by atoms with Crippen molar-refractivity contribution < 1.29 is 14.4 Å². The van der Waals surface area contributed by atoms with E-state index in [2.05, 4.69) is 5.32 Å². The van der Waals surface area contributed by atoms with E-state index in [1.165, 1.54) is 12.1 Å². The van der Waals surface area contributed by atoms with E-state index in [9.17, 15) is 19.6 Å². The Kier molecular flexibility index (Phi) is 3.23. The van der Waals surface area contributed by atoms with Gasteiger partial charge in [-0.3, -0.25) is 10.1 Å². The zero-order valence-electron chi connectivity index (χ0n) is 9.10. The molecule has 1 fully saturated rings. The first kappa shape index (κ1) is 11.8. The summed E-state index contributed by atoms with van der Waals surface area (Å²) in [5.74, 6) is -0.601. The highest BCUT2D eigenvalue weighted by Crippen LogP contribution is 2.33. The smallest absolute Gasteiger partial charge is 0.327 e. The molecule has 0 aromatic heterocycles. The normalized spacial score (nSPS) is 16.6. The van der Waals surface area contributed by atoms with Crippen LogP contribution in [0.5, 0.6) is 0 Å². The summed E-state index contributed by atoms with van der Waals surface area (Å²) in [6.45, 7) is 0.203. The molecule has 1 aliphatic rings. The van der Waals surface area contributed by atoms with Gasteiger partial charge in [0.25, 0.3) is 0 Å². The number of hydrogen-bond donors (Lipinski definition) is 2. The number of nitro benzene ring substituents is 1. The van der Waals surface area contributed by atoms with Crippen molar-refractivity contribution in [2.45, 2.75) is 18.9 Å². The number of rotatable bonds is 5. The van der Waals surface area contributed by atoms with E-state index >= 15 is 0 Å². The van der Waals surface area contributed by atoms with E-state index < -0.39 is 22.5 Å². The molecular formula is C11H13FN2O3. The molecule has 0 heterocycles. The highest BCUT2D eigenvalue weighted by molar-refractivity contribution is 5.61. The van der Waals surface area contributed by atoms with Gasteiger partial charge in [0.05, 0.1) is 11.0 Å². The van der Waals surface area contributed by atoms with Gasteiger partial charge in [-0.15, -0.1) is 0 Å². The van der Waals surface area contributed by atoms with Crippen LogP contribution in [0.15, 0.2) is 18.2 Å². The number of nitro groups is 1. The van der Waals surface area contributed by atoms with Gasteiger partial charge in [0.1, 0.15) is 5.69 Å². The van der Waals surface area contributed by atoms with Gasteiger partial charge in [0, 0.05) is 6.54 Å². The van der Waals surface area contributed by atoms with Crippen LogP contribution in [-0.4, -0.2) is 22.7 Å². The number of aliphatic hydroxyl groups is 1. The molecule has 0 radical (unpaired) electrons. The Morgan fingerprint density at radius 3 is 2.88 bits per heavy atom. The topological polar surface area (TPSA) is 75.4 Å². The second-order valence-electron chi connectivity index (χ2n) is 4.18. The summed E-state index contributed by atoms with van der Waals surface area (Å²) in [6, 6.07) is 3.87. The Hall–Kier alpha value is -1.69. The monoisotopic (exact) mass is 240 g/mol. The quantitative estimate of drug-likeness (QED) is 0.609. The van der Waals surface area contributed by atoms with Gasteiger partial charge in [-0.2, -0.15) is 4.39 Å². The summed E-state index contributed by atoms with van der Waals surface area (Å²) >= 11 is 0. The summed E-state index contributed by atoms with van der Waals surface area (Å²) in [6.07, 6.45) is 1.43. The molecule has 1 aromatic rings. The molecule has 0 amide bonds.